The second kappa shape index (κ2) is 9.03. The maximum atomic E-state index is 12.7. The molecular formula is C24H23N3O5S. The van der Waals surface area contributed by atoms with Crippen LogP contribution in [0.2, 0.25) is 0 Å². The number of amidine groups is 1. The molecule has 3 aromatic rings. The summed E-state index contributed by atoms with van der Waals surface area (Å²) in [7, 11) is -3.68. The number of aryl methyl sites for hydroxylation is 1. The van der Waals surface area contributed by atoms with Crippen molar-refractivity contribution in [1.82, 2.24) is 9.29 Å². The number of esters is 1. The Kier molecular flexibility index (Phi) is 6.15. The van der Waals surface area contributed by atoms with Crippen molar-refractivity contribution in [2.75, 3.05) is 13.2 Å². The third-order valence-corrected chi connectivity index (χ3v) is 6.85. The largest absolute Gasteiger partial charge is 0.456 e. The van der Waals surface area contributed by atoms with E-state index in [0.717, 1.165) is 17.0 Å². The quantitative estimate of drug-likeness (QED) is 0.426. The van der Waals surface area contributed by atoms with Crippen LogP contribution >= 0.6 is 0 Å². The van der Waals surface area contributed by atoms with Gasteiger partial charge in [0.15, 0.2) is 6.61 Å². The van der Waals surface area contributed by atoms with Crippen molar-refractivity contribution in [1.29, 1.82) is 0 Å². The smallest absolute Gasteiger partial charge is 0.328 e. The number of aromatic nitrogens is 1. The third kappa shape index (κ3) is 4.73. The number of hydrogen-bond acceptors (Lipinski definition) is 6. The zero-order valence-corrected chi connectivity index (χ0v) is 19.1. The van der Waals surface area contributed by atoms with Gasteiger partial charge >= 0.3 is 5.97 Å². The van der Waals surface area contributed by atoms with Crippen molar-refractivity contribution in [2.45, 2.75) is 25.3 Å². The Morgan fingerprint density at radius 1 is 1.03 bits per heavy atom. The first-order chi connectivity index (χ1) is 15.8. The molecule has 0 radical (unpaired) electrons. The van der Waals surface area contributed by atoms with Gasteiger partial charge in [-0.15, -0.1) is 0 Å². The van der Waals surface area contributed by atoms with Gasteiger partial charge in [-0.2, -0.15) is 0 Å². The number of fused-ring (bicyclic) bond motifs is 1. The number of sulfonamides is 1. The minimum Gasteiger partial charge on any atom is -0.456 e. The van der Waals surface area contributed by atoms with Crippen LogP contribution in [0.3, 0.4) is 0 Å². The summed E-state index contributed by atoms with van der Waals surface area (Å²) in [6.07, 6.45) is 0. The molecule has 0 saturated heterocycles. The van der Waals surface area contributed by atoms with E-state index in [1.165, 1.54) is 6.07 Å². The highest BCUT2D eigenvalue weighted by atomic mass is 32.2. The molecule has 4 rings (SSSR count). The van der Waals surface area contributed by atoms with E-state index in [4.69, 9.17) is 4.74 Å². The molecule has 9 heteroatoms. The Hall–Kier alpha value is -3.72. The maximum Gasteiger partial charge on any atom is 0.328 e. The van der Waals surface area contributed by atoms with Crippen LogP contribution in [-0.2, 0) is 26.1 Å². The number of carbonyl (C=O) groups excluding carboxylic acids is 2. The van der Waals surface area contributed by atoms with Crippen LogP contribution in [0.25, 0.3) is 0 Å². The van der Waals surface area contributed by atoms with E-state index in [-0.39, 0.29) is 16.5 Å². The number of aliphatic imine (C=N–C) groups is 1. The number of hydrogen-bond donors (Lipinski definition) is 1. The summed E-state index contributed by atoms with van der Waals surface area (Å²) in [5.41, 5.74) is 3.75. The molecule has 170 valence electrons. The molecule has 1 aliphatic heterocycles. The van der Waals surface area contributed by atoms with Crippen LogP contribution in [0.5, 0.6) is 0 Å². The molecule has 0 bridgehead atoms. The first kappa shape index (κ1) is 22.5. The van der Waals surface area contributed by atoms with Gasteiger partial charge in [-0.1, -0.05) is 42.5 Å². The van der Waals surface area contributed by atoms with Crippen LogP contribution in [0.1, 0.15) is 32.9 Å². The van der Waals surface area contributed by atoms with Gasteiger partial charge in [-0.25, -0.2) is 8.42 Å². The Labute approximate surface area is 192 Å². The average molecular weight is 466 g/mol. The number of carbonyl (C=O) groups is 2. The summed E-state index contributed by atoms with van der Waals surface area (Å²) in [5.74, 6) is -0.953. The van der Waals surface area contributed by atoms with Gasteiger partial charge in [0.25, 0.3) is 10.0 Å². The van der Waals surface area contributed by atoms with Gasteiger partial charge in [0.05, 0.1) is 4.90 Å². The SMILES string of the molecule is Cc1cc(C(=O)COC(=O)CN=C2NS(=O)(=O)c3ccccc32)c(C)n1Cc1ccccc1. The zero-order chi connectivity index (χ0) is 23.6. The van der Waals surface area contributed by atoms with E-state index in [2.05, 4.69) is 9.71 Å². The van der Waals surface area contributed by atoms with E-state index in [1.54, 1.807) is 24.3 Å². The predicted molar refractivity (Wildman–Crippen MR) is 123 cm³/mol. The molecular weight excluding hydrogens is 442 g/mol. The first-order valence-electron chi connectivity index (χ1n) is 10.3. The van der Waals surface area contributed by atoms with Crippen LogP contribution < -0.4 is 4.72 Å². The van der Waals surface area contributed by atoms with Crippen molar-refractivity contribution in [3.8, 4) is 0 Å². The first-order valence-corrected chi connectivity index (χ1v) is 11.8. The molecule has 33 heavy (non-hydrogen) atoms. The highest BCUT2D eigenvalue weighted by Crippen LogP contribution is 2.22. The fourth-order valence-electron chi connectivity index (χ4n) is 3.76. The number of nitrogens with zero attached hydrogens (tertiary/aromatic N) is 2. The lowest BCUT2D eigenvalue weighted by molar-refractivity contribution is -0.140. The van der Waals surface area contributed by atoms with Gasteiger partial charge in [-0.3, -0.25) is 19.3 Å². The molecule has 1 aromatic heterocycles. The molecule has 0 fully saturated rings. The molecule has 0 unspecified atom stereocenters. The van der Waals surface area contributed by atoms with Gasteiger partial charge in [0, 0.05) is 29.1 Å². The van der Waals surface area contributed by atoms with Gasteiger partial charge < -0.3 is 9.30 Å². The summed E-state index contributed by atoms with van der Waals surface area (Å²) < 4.78 is 33.7. The van der Waals surface area contributed by atoms with Crippen molar-refractivity contribution in [3.63, 3.8) is 0 Å². The van der Waals surface area contributed by atoms with Crippen LogP contribution in [0, 0.1) is 13.8 Å². The van der Waals surface area contributed by atoms with Crippen molar-refractivity contribution < 1.29 is 22.7 Å². The fourth-order valence-corrected chi connectivity index (χ4v) is 5.01. The standard InChI is InChI=1S/C24H23N3O5S/c1-16-12-20(17(2)27(16)14-18-8-4-3-5-9-18)21(28)15-32-23(29)13-25-24-19-10-6-7-11-22(19)33(30,31)26-24/h3-12H,13-15H2,1-2H3,(H,25,26). The van der Waals surface area contributed by atoms with E-state index >= 15 is 0 Å². The lowest BCUT2D eigenvalue weighted by Gasteiger charge is -2.10. The molecule has 1 N–H and O–H groups in total. The Morgan fingerprint density at radius 2 is 1.73 bits per heavy atom. The van der Waals surface area contributed by atoms with Crippen LogP contribution in [0.15, 0.2) is 70.6 Å². The molecule has 1 aliphatic rings. The highest BCUT2D eigenvalue weighted by Gasteiger charge is 2.30. The van der Waals surface area contributed by atoms with Crippen LogP contribution in [0.4, 0.5) is 0 Å². The van der Waals surface area contributed by atoms with E-state index < -0.39 is 29.1 Å². The monoisotopic (exact) mass is 465 g/mol. The summed E-state index contributed by atoms with van der Waals surface area (Å²) in [6.45, 7) is 3.60. The van der Waals surface area contributed by atoms with Gasteiger partial charge in [0.2, 0.25) is 5.78 Å². The number of ether oxygens (including phenoxy) is 1. The number of benzene rings is 2. The number of nitrogens with one attached hydrogen (secondary N) is 1. The Morgan fingerprint density at radius 3 is 2.48 bits per heavy atom. The summed E-state index contributed by atoms with van der Waals surface area (Å²) >= 11 is 0. The minimum absolute atomic E-state index is 0.0818. The van der Waals surface area contributed by atoms with Crippen molar-refractivity contribution in [2.24, 2.45) is 4.99 Å². The number of rotatable bonds is 7. The number of Topliss-reactive ketones (excluding diaryl/α,β-unsaturated/α-hetero) is 1. The summed E-state index contributed by atoms with van der Waals surface area (Å²) in [4.78, 5) is 29.0. The van der Waals surface area contributed by atoms with Crippen molar-refractivity contribution in [3.05, 3.63) is 88.7 Å². The highest BCUT2D eigenvalue weighted by molar-refractivity contribution is 7.90. The predicted octanol–water partition coefficient (Wildman–Crippen LogP) is 2.62. The molecule has 0 amide bonds. The lowest BCUT2D eigenvalue weighted by Crippen LogP contribution is -2.24. The summed E-state index contributed by atoms with van der Waals surface area (Å²) in [5, 5.41) is 0. The molecule has 2 heterocycles. The fraction of sp³-hybridized carbons (Fsp3) is 0.208. The topological polar surface area (TPSA) is 107 Å². The lowest BCUT2D eigenvalue weighted by atomic mass is 10.1. The van der Waals surface area contributed by atoms with E-state index in [1.807, 2.05) is 48.7 Å². The Balaban J connectivity index is 1.38. The molecule has 0 atom stereocenters. The van der Waals surface area contributed by atoms with E-state index in [9.17, 15) is 18.0 Å². The average Bonchev–Trinajstić information content (AvgIpc) is 3.24. The zero-order valence-electron chi connectivity index (χ0n) is 18.2. The normalized spacial score (nSPS) is 15.2. The van der Waals surface area contributed by atoms with E-state index in [0.29, 0.717) is 17.7 Å². The molecule has 2 aromatic carbocycles. The number of ketones is 1. The maximum absolute atomic E-state index is 12.7. The summed E-state index contributed by atoms with van der Waals surface area (Å²) in [6, 6.07) is 18.1. The minimum atomic E-state index is -3.68. The Bertz CT molecular complexity index is 1360. The molecule has 8 nitrogen and oxygen atoms in total. The van der Waals surface area contributed by atoms with Crippen LogP contribution in [-0.4, -0.2) is 43.7 Å². The van der Waals surface area contributed by atoms with Gasteiger partial charge in [-0.05, 0) is 37.6 Å². The second-order valence-corrected chi connectivity index (χ2v) is 9.36. The third-order valence-electron chi connectivity index (χ3n) is 5.45. The molecule has 0 spiro atoms. The second-order valence-electron chi connectivity index (χ2n) is 7.71. The van der Waals surface area contributed by atoms with Crippen molar-refractivity contribution >= 4 is 27.6 Å². The van der Waals surface area contributed by atoms with Gasteiger partial charge in [0.1, 0.15) is 12.4 Å². The molecule has 0 aliphatic carbocycles. The molecule has 0 saturated carbocycles.